The lowest BCUT2D eigenvalue weighted by Crippen LogP contribution is -2.41. The third-order valence-electron chi connectivity index (χ3n) is 4.96. The maximum absolute atomic E-state index is 13.1. The summed E-state index contributed by atoms with van der Waals surface area (Å²) >= 11 is 6.01. The number of carbonyl (C=O) groups excluding carboxylic acids is 1. The number of fused-ring (bicyclic) bond motifs is 3. The van der Waals surface area contributed by atoms with Crippen molar-refractivity contribution in [1.82, 2.24) is 18.7 Å². The predicted octanol–water partition coefficient (Wildman–Crippen LogP) is 1.93. The van der Waals surface area contributed by atoms with Gasteiger partial charge in [0.1, 0.15) is 5.78 Å². The van der Waals surface area contributed by atoms with E-state index in [2.05, 4.69) is 11.9 Å². The van der Waals surface area contributed by atoms with Crippen LogP contribution in [0.2, 0.25) is 5.02 Å². The van der Waals surface area contributed by atoms with Gasteiger partial charge in [-0.05, 0) is 37.1 Å². The van der Waals surface area contributed by atoms with E-state index in [9.17, 15) is 14.4 Å². The van der Waals surface area contributed by atoms with Gasteiger partial charge in [-0.25, -0.2) is 4.79 Å². The van der Waals surface area contributed by atoms with E-state index < -0.39 is 11.2 Å². The van der Waals surface area contributed by atoms with Crippen LogP contribution in [0.5, 0.6) is 0 Å². The second kappa shape index (κ2) is 6.63. The van der Waals surface area contributed by atoms with Gasteiger partial charge in [0.15, 0.2) is 11.2 Å². The minimum atomic E-state index is -0.547. The van der Waals surface area contributed by atoms with E-state index in [0.717, 1.165) is 16.8 Å². The van der Waals surface area contributed by atoms with Gasteiger partial charge in [0.25, 0.3) is 5.56 Å². The van der Waals surface area contributed by atoms with Crippen LogP contribution in [0.1, 0.15) is 13.8 Å². The number of carbonyl (C=O) groups is 1. The molecule has 8 nitrogen and oxygen atoms in total. The Morgan fingerprint density at radius 1 is 1.21 bits per heavy atom. The van der Waals surface area contributed by atoms with Crippen molar-refractivity contribution < 1.29 is 4.79 Å². The standard InChI is InChI=1S/C19H20ClN5O3/c1-11-8-23(14-6-4-13(20)5-7-14)18-21-16-15(24(18)9-11)17(27)25(10-12(2)26)19(28)22(16)3/h4-7,11H,8-10H2,1-3H3/t11-/m1/s1. The molecule has 0 N–H and O–H groups in total. The van der Waals surface area contributed by atoms with E-state index >= 15 is 0 Å². The summed E-state index contributed by atoms with van der Waals surface area (Å²) < 4.78 is 4.15. The maximum Gasteiger partial charge on any atom is 0.332 e. The highest BCUT2D eigenvalue weighted by molar-refractivity contribution is 6.30. The van der Waals surface area contributed by atoms with E-state index in [4.69, 9.17) is 11.6 Å². The largest absolute Gasteiger partial charge is 0.332 e. The Bertz CT molecular complexity index is 1210. The Kier molecular flexibility index (Phi) is 4.38. The molecule has 146 valence electrons. The van der Waals surface area contributed by atoms with Crippen molar-refractivity contribution in [2.24, 2.45) is 13.0 Å². The molecule has 0 bridgehead atoms. The highest BCUT2D eigenvalue weighted by Crippen LogP contribution is 2.33. The molecule has 0 fully saturated rings. The monoisotopic (exact) mass is 401 g/mol. The van der Waals surface area contributed by atoms with Crippen LogP contribution >= 0.6 is 11.6 Å². The molecule has 3 heterocycles. The van der Waals surface area contributed by atoms with Crippen molar-refractivity contribution in [3.63, 3.8) is 0 Å². The van der Waals surface area contributed by atoms with Crippen molar-refractivity contribution >= 4 is 40.2 Å². The zero-order valence-corrected chi connectivity index (χ0v) is 16.6. The molecule has 1 aliphatic rings. The molecule has 0 radical (unpaired) electrons. The summed E-state index contributed by atoms with van der Waals surface area (Å²) in [6, 6.07) is 7.41. The Balaban J connectivity index is 2.00. The first-order chi connectivity index (χ1) is 13.3. The molecule has 1 atom stereocenters. The number of aromatic nitrogens is 4. The molecule has 0 amide bonds. The minimum Gasteiger partial charge on any atom is -0.312 e. The molecule has 0 saturated carbocycles. The summed E-state index contributed by atoms with van der Waals surface area (Å²) in [4.78, 5) is 43.9. The third-order valence-corrected chi connectivity index (χ3v) is 5.21. The van der Waals surface area contributed by atoms with Crippen LogP contribution in [0.3, 0.4) is 0 Å². The Morgan fingerprint density at radius 2 is 1.89 bits per heavy atom. The first-order valence-corrected chi connectivity index (χ1v) is 9.38. The highest BCUT2D eigenvalue weighted by Gasteiger charge is 2.29. The second-order valence-electron chi connectivity index (χ2n) is 7.32. The summed E-state index contributed by atoms with van der Waals surface area (Å²) in [6.07, 6.45) is 0. The van der Waals surface area contributed by atoms with Crippen LogP contribution < -0.4 is 16.1 Å². The zero-order valence-electron chi connectivity index (χ0n) is 15.8. The van der Waals surface area contributed by atoms with E-state index in [1.165, 1.54) is 11.5 Å². The van der Waals surface area contributed by atoms with Gasteiger partial charge in [-0.1, -0.05) is 18.5 Å². The molecule has 1 aromatic carbocycles. The molecule has 3 aromatic rings. The summed E-state index contributed by atoms with van der Waals surface area (Å²) in [5.74, 6) is 0.592. The number of aryl methyl sites for hydroxylation is 1. The fourth-order valence-electron chi connectivity index (χ4n) is 3.71. The van der Waals surface area contributed by atoms with Crippen LogP contribution in [0.25, 0.3) is 11.2 Å². The number of hydrogen-bond acceptors (Lipinski definition) is 5. The number of Topliss-reactive ketones (excluding diaryl/α,β-unsaturated/α-hetero) is 1. The average Bonchev–Trinajstić information content (AvgIpc) is 3.03. The lowest BCUT2D eigenvalue weighted by molar-refractivity contribution is -0.117. The molecule has 0 aliphatic carbocycles. The fraction of sp³-hybridized carbons (Fsp3) is 0.368. The lowest BCUT2D eigenvalue weighted by atomic mass is 10.1. The summed E-state index contributed by atoms with van der Waals surface area (Å²) in [5, 5.41) is 0.636. The van der Waals surface area contributed by atoms with E-state index in [1.807, 2.05) is 21.6 Å². The molecular weight excluding hydrogens is 382 g/mol. The van der Waals surface area contributed by atoms with Crippen LogP contribution in [0.15, 0.2) is 33.9 Å². The van der Waals surface area contributed by atoms with Gasteiger partial charge >= 0.3 is 5.69 Å². The van der Waals surface area contributed by atoms with Crippen molar-refractivity contribution in [1.29, 1.82) is 0 Å². The minimum absolute atomic E-state index is 0.249. The molecule has 2 aromatic heterocycles. The Labute approximate surface area is 165 Å². The molecule has 1 aliphatic heterocycles. The quantitative estimate of drug-likeness (QED) is 0.669. The maximum atomic E-state index is 13.1. The first kappa shape index (κ1) is 18.5. The van der Waals surface area contributed by atoms with Gasteiger partial charge in [0.2, 0.25) is 5.95 Å². The molecule has 4 rings (SSSR count). The molecule has 28 heavy (non-hydrogen) atoms. The Hall–Kier alpha value is -2.87. The van der Waals surface area contributed by atoms with Crippen LogP contribution in [0, 0.1) is 5.92 Å². The van der Waals surface area contributed by atoms with Gasteiger partial charge in [0, 0.05) is 30.8 Å². The number of ketones is 1. The number of nitrogens with zero attached hydrogens (tertiary/aromatic N) is 5. The molecule has 9 heteroatoms. The second-order valence-corrected chi connectivity index (χ2v) is 7.76. The van der Waals surface area contributed by atoms with Crippen molar-refractivity contribution in [3.05, 3.63) is 50.1 Å². The van der Waals surface area contributed by atoms with Crippen LogP contribution in [-0.4, -0.2) is 31.0 Å². The van der Waals surface area contributed by atoms with Gasteiger partial charge in [-0.3, -0.25) is 18.7 Å². The zero-order chi connectivity index (χ0) is 20.2. The molecule has 0 spiro atoms. The molecule has 0 saturated heterocycles. The summed E-state index contributed by atoms with van der Waals surface area (Å²) in [6.45, 7) is 4.52. The third kappa shape index (κ3) is 2.84. The van der Waals surface area contributed by atoms with E-state index in [0.29, 0.717) is 28.7 Å². The van der Waals surface area contributed by atoms with Gasteiger partial charge in [-0.2, -0.15) is 4.98 Å². The van der Waals surface area contributed by atoms with Gasteiger partial charge < -0.3 is 9.47 Å². The summed E-state index contributed by atoms with van der Waals surface area (Å²) in [5.41, 5.74) is 0.523. The predicted molar refractivity (Wildman–Crippen MR) is 108 cm³/mol. The number of anilines is 2. The number of hydrogen-bond donors (Lipinski definition) is 0. The van der Waals surface area contributed by atoms with E-state index in [1.54, 1.807) is 19.2 Å². The lowest BCUT2D eigenvalue weighted by Gasteiger charge is -2.33. The molecule has 0 unspecified atom stereocenters. The van der Waals surface area contributed by atoms with Crippen LogP contribution in [0.4, 0.5) is 11.6 Å². The SMILES string of the molecule is CC(=O)Cn1c(=O)c2c(nc3n2C[C@H](C)CN3c2ccc(Cl)cc2)n(C)c1=O. The number of rotatable bonds is 3. The fourth-order valence-corrected chi connectivity index (χ4v) is 3.83. The van der Waals surface area contributed by atoms with Crippen molar-refractivity contribution in [2.45, 2.75) is 26.9 Å². The van der Waals surface area contributed by atoms with Crippen LogP contribution in [-0.2, 0) is 24.9 Å². The number of halogens is 1. The number of imidazole rings is 1. The number of benzene rings is 1. The topological polar surface area (TPSA) is 82.1 Å². The Morgan fingerprint density at radius 3 is 2.54 bits per heavy atom. The molecular formula is C19H20ClN5O3. The van der Waals surface area contributed by atoms with E-state index in [-0.39, 0.29) is 18.2 Å². The van der Waals surface area contributed by atoms with Gasteiger partial charge in [0.05, 0.1) is 6.54 Å². The normalized spacial score (nSPS) is 16.4. The smallest absolute Gasteiger partial charge is 0.312 e. The van der Waals surface area contributed by atoms with Crippen molar-refractivity contribution in [3.8, 4) is 0 Å². The highest BCUT2D eigenvalue weighted by atomic mass is 35.5. The summed E-state index contributed by atoms with van der Waals surface area (Å²) in [7, 11) is 1.57. The first-order valence-electron chi connectivity index (χ1n) is 9.00. The average molecular weight is 402 g/mol. The van der Waals surface area contributed by atoms with Gasteiger partial charge in [-0.15, -0.1) is 0 Å². The van der Waals surface area contributed by atoms with Crippen molar-refractivity contribution in [2.75, 3.05) is 11.4 Å².